The van der Waals surface area contributed by atoms with Gasteiger partial charge in [0.15, 0.2) is 0 Å². The van der Waals surface area contributed by atoms with Gasteiger partial charge < -0.3 is 4.79 Å². The first-order valence-corrected chi connectivity index (χ1v) is 11.5. The molecule has 0 aliphatic rings. The van der Waals surface area contributed by atoms with E-state index in [9.17, 15) is 4.79 Å². The van der Waals surface area contributed by atoms with Gasteiger partial charge in [-0.05, 0) is 41.0 Å². The van der Waals surface area contributed by atoms with Crippen LogP contribution in [0.3, 0.4) is 0 Å². The minimum atomic E-state index is 0. The Kier molecular flexibility index (Phi) is 13.5. The minimum Gasteiger partial charge on any atom is -0.300 e. The van der Waals surface area contributed by atoms with E-state index < -0.39 is 0 Å². The number of nitrogens with zero attached hydrogens (tertiary/aromatic N) is 4. The third kappa shape index (κ3) is 10.4. The van der Waals surface area contributed by atoms with Crippen molar-refractivity contribution in [3.63, 3.8) is 0 Å². The van der Waals surface area contributed by atoms with Crippen LogP contribution < -0.4 is 0 Å². The zero-order valence-electron chi connectivity index (χ0n) is 21.4. The van der Waals surface area contributed by atoms with Crippen molar-refractivity contribution in [1.82, 2.24) is 19.9 Å². The van der Waals surface area contributed by atoms with Crippen LogP contribution >= 0.6 is 0 Å². The topological polar surface area (TPSA) is 68.6 Å². The molecule has 5 nitrogen and oxygen atoms in total. The van der Waals surface area contributed by atoms with Gasteiger partial charge in [-0.15, -0.1) is 0 Å². The normalized spacial score (nSPS) is 9.54. The number of aromatic nitrogens is 4. The molecule has 4 aromatic rings. The quantitative estimate of drug-likeness (QED) is 0.242. The fourth-order valence-corrected chi connectivity index (χ4v) is 3.31. The molecule has 0 fully saturated rings. The monoisotopic (exact) mass is 647 g/mol. The third-order valence-electron chi connectivity index (χ3n) is 4.83. The van der Waals surface area contributed by atoms with Gasteiger partial charge in [-0.1, -0.05) is 67.6 Å². The zero-order chi connectivity index (χ0) is 24.9. The summed E-state index contributed by atoms with van der Waals surface area (Å²) in [5.41, 5.74) is 8.07. The van der Waals surface area contributed by atoms with Crippen LogP contribution in [-0.2, 0) is 24.9 Å². The van der Waals surface area contributed by atoms with E-state index in [1.165, 1.54) is 0 Å². The molecule has 0 saturated heterocycles. The molecule has 0 radical (unpaired) electrons. The van der Waals surface area contributed by atoms with Crippen molar-refractivity contribution in [1.29, 1.82) is 0 Å². The van der Waals surface area contributed by atoms with Gasteiger partial charge in [-0.3, -0.25) is 19.9 Å². The first-order valence-electron chi connectivity index (χ1n) is 11.5. The van der Waals surface area contributed by atoms with Crippen LogP contribution in [0.2, 0.25) is 0 Å². The van der Waals surface area contributed by atoms with E-state index in [1.807, 2.05) is 95.3 Å². The number of ketones is 1. The molecule has 0 spiro atoms. The predicted octanol–water partition coefficient (Wildman–Crippen LogP) is 6.89. The molecule has 182 valence electrons. The van der Waals surface area contributed by atoms with E-state index in [-0.39, 0.29) is 25.9 Å². The van der Waals surface area contributed by atoms with Gasteiger partial charge in [0.25, 0.3) is 0 Å². The number of aryl methyl sites for hydroxylation is 4. The van der Waals surface area contributed by atoms with Crippen LogP contribution in [-0.4, -0.2) is 25.7 Å². The van der Waals surface area contributed by atoms with E-state index in [0.29, 0.717) is 0 Å². The third-order valence-corrected chi connectivity index (χ3v) is 4.83. The number of carbonyl (C=O) groups excluding carboxylic acids is 1. The SMILES string of the molecule is CCCC(C)=O.Cc1cnc(-c2ccccc2)c(C)n1.Cc1cnc(-c2ccccc2)c(C)n1.[Ir+3]. The van der Waals surface area contributed by atoms with Gasteiger partial charge in [-0.25, -0.2) is 0 Å². The Morgan fingerprint density at radius 3 is 1.31 bits per heavy atom. The van der Waals surface area contributed by atoms with Gasteiger partial charge in [0.2, 0.25) is 0 Å². The molecule has 0 N–H and O–H groups in total. The van der Waals surface area contributed by atoms with E-state index in [2.05, 4.69) is 19.9 Å². The molecule has 4 rings (SSSR count). The summed E-state index contributed by atoms with van der Waals surface area (Å²) in [5.74, 6) is 0.289. The Labute approximate surface area is 222 Å². The summed E-state index contributed by atoms with van der Waals surface area (Å²) in [4.78, 5) is 27.6. The van der Waals surface area contributed by atoms with Crippen molar-refractivity contribution in [2.24, 2.45) is 0 Å². The average molecular weight is 647 g/mol. The van der Waals surface area contributed by atoms with E-state index in [0.717, 1.165) is 58.1 Å². The summed E-state index contributed by atoms with van der Waals surface area (Å²) < 4.78 is 0. The molecule has 0 unspecified atom stereocenters. The van der Waals surface area contributed by atoms with Crippen LogP contribution in [0.25, 0.3) is 22.5 Å². The first kappa shape index (κ1) is 30.0. The van der Waals surface area contributed by atoms with Crippen molar-refractivity contribution < 1.29 is 24.9 Å². The Morgan fingerprint density at radius 2 is 1.06 bits per heavy atom. The molecule has 0 aliphatic carbocycles. The van der Waals surface area contributed by atoms with Gasteiger partial charge in [0.1, 0.15) is 5.78 Å². The van der Waals surface area contributed by atoms with E-state index in [4.69, 9.17) is 0 Å². The Morgan fingerprint density at radius 1 is 0.686 bits per heavy atom. The molecule has 35 heavy (non-hydrogen) atoms. The number of hydrogen-bond acceptors (Lipinski definition) is 5. The van der Waals surface area contributed by atoms with Crippen LogP contribution in [0.1, 0.15) is 49.5 Å². The standard InChI is InChI=1S/2C12H12N2.C5H10O.Ir/c2*1-9-8-13-12(10(2)14-9)11-6-4-3-5-7-11;1-3-4-5(2)6;/h2*3-8H,1-2H3;3-4H2,1-2H3;/q;;;+3. The summed E-state index contributed by atoms with van der Waals surface area (Å²) in [7, 11) is 0. The molecule has 0 amide bonds. The number of Topliss-reactive ketones (excluding diaryl/α,β-unsaturated/α-hetero) is 1. The number of carbonyl (C=O) groups is 1. The van der Waals surface area contributed by atoms with E-state index in [1.54, 1.807) is 19.3 Å². The second kappa shape index (κ2) is 15.8. The maximum atomic E-state index is 10.0. The molecule has 2 heterocycles. The largest absolute Gasteiger partial charge is 3.00 e. The molecular weight excluding hydrogens is 613 g/mol. The average Bonchev–Trinajstić information content (AvgIpc) is 2.81. The molecule has 0 aliphatic heterocycles. The fraction of sp³-hybridized carbons (Fsp3) is 0.276. The Bertz CT molecular complexity index is 1090. The van der Waals surface area contributed by atoms with Crippen LogP contribution in [0, 0.1) is 27.7 Å². The van der Waals surface area contributed by atoms with Crippen LogP contribution in [0.15, 0.2) is 73.1 Å². The van der Waals surface area contributed by atoms with Crippen LogP contribution in [0.5, 0.6) is 0 Å². The number of hydrogen-bond donors (Lipinski definition) is 0. The second-order valence-corrected chi connectivity index (χ2v) is 8.07. The summed E-state index contributed by atoms with van der Waals surface area (Å²) in [6, 6.07) is 20.2. The molecule has 6 heteroatoms. The molecule has 0 saturated carbocycles. The summed E-state index contributed by atoms with van der Waals surface area (Å²) in [6.45, 7) is 11.5. The van der Waals surface area contributed by atoms with Gasteiger partial charge >= 0.3 is 20.1 Å². The molecule has 0 atom stereocenters. The van der Waals surface area contributed by atoms with Gasteiger partial charge in [0.05, 0.1) is 34.2 Å². The number of benzene rings is 2. The molecular formula is C29H34IrN4O+3. The zero-order valence-corrected chi connectivity index (χ0v) is 23.8. The maximum absolute atomic E-state index is 10.0. The molecule has 0 bridgehead atoms. The first-order chi connectivity index (χ1) is 16.3. The summed E-state index contributed by atoms with van der Waals surface area (Å²) in [5, 5.41) is 0. The molecule has 2 aromatic heterocycles. The van der Waals surface area contributed by atoms with E-state index >= 15 is 0 Å². The van der Waals surface area contributed by atoms with Crippen molar-refractivity contribution in [3.05, 3.63) is 95.8 Å². The summed E-state index contributed by atoms with van der Waals surface area (Å²) in [6.07, 6.45) is 5.32. The predicted molar refractivity (Wildman–Crippen MR) is 139 cm³/mol. The van der Waals surface area contributed by atoms with Crippen molar-refractivity contribution in [3.8, 4) is 22.5 Å². The van der Waals surface area contributed by atoms with Crippen molar-refractivity contribution in [2.75, 3.05) is 0 Å². The smallest absolute Gasteiger partial charge is 0.300 e. The Hall–Kier alpha value is -3.08. The van der Waals surface area contributed by atoms with Gasteiger partial charge in [-0.2, -0.15) is 0 Å². The second-order valence-electron chi connectivity index (χ2n) is 8.07. The van der Waals surface area contributed by atoms with Crippen LogP contribution in [0.4, 0.5) is 0 Å². The minimum absolute atomic E-state index is 0. The number of rotatable bonds is 4. The maximum Gasteiger partial charge on any atom is 3.00 e. The van der Waals surface area contributed by atoms with Gasteiger partial charge in [0, 0.05) is 29.9 Å². The Balaban J connectivity index is 0.000000280. The van der Waals surface area contributed by atoms with Crippen molar-refractivity contribution in [2.45, 2.75) is 54.4 Å². The fourth-order valence-electron chi connectivity index (χ4n) is 3.31. The summed E-state index contributed by atoms with van der Waals surface area (Å²) >= 11 is 0. The van der Waals surface area contributed by atoms with Crippen molar-refractivity contribution >= 4 is 5.78 Å². The molecule has 2 aromatic carbocycles.